The number of para-hydroxylation sites is 1. The number of fused-ring (bicyclic) bond motifs is 1. The summed E-state index contributed by atoms with van der Waals surface area (Å²) in [5.74, 6) is -0.198. The lowest BCUT2D eigenvalue weighted by Gasteiger charge is -2.16. The highest BCUT2D eigenvalue weighted by Gasteiger charge is 2.18. The summed E-state index contributed by atoms with van der Waals surface area (Å²) in [7, 11) is 1.43. The van der Waals surface area contributed by atoms with Crippen LogP contribution >= 0.6 is 0 Å². The van der Waals surface area contributed by atoms with E-state index in [0.29, 0.717) is 6.54 Å². The number of methoxy groups -OCH3 is 1. The Morgan fingerprint density at radius 2 is 2.14 bits per heavy atom. The summed E-state index contributed by atoms with van der Waals surface area (Å²) in [6.07, 6.45) is 4.65. The molecule has 2 rings (SSSR count). The normalized spacial score (nSPS) is 12.3. The molecule has 21 heavy (non-hydrogen) atoms. The predicted molar refractivity (Wildman–Crippen MR) is 83.9 cm³/mol. The van der Waals surface area contributed by atoms with Gasteiger partial charge in [0.1, 0.15) is 6.04 Å². The summed E-state index contributed by atoms with van der Waals surface area (Å²) in [6.45, 7) is 2.72. The second kappa shape index (κ2) is 7.74. The lowest BCUT2D eigenvalue weighted by Crippen LogP contribution is -2.37. The molecule has 0 amide bonds. The first-order valence-electron chi connectivity index (χ1n) is 7.40. The number of carbonyl (C=O) groups is 1. The topological polar surface area (TPSA) is 51.2 Å². The Morgan fingerprint density at radius 1 is 1.33 bits per heavy atom. The highest BCUT2D eigenvalue weighted by molar-refractivity contribution is 5.81. The van der Waals surface area contributed by atoms with Crippen LogP contribution in [0, 0.1) is 0 Å². The molecule has 4 heteroatoms. The molecule has 1 unspecified atom stereocenters. The van der Waals surface area contributed by atoms with Gasteiger partial charge >= 0.3 is 5.97 Å². The Hall–Kier alpha value is -1.94. The SMILES string of the molecule is CCCCC(NCc1cccc2cccnc12)C(=O)OC. The fourth-order valence-corrected chi connectivity index (χ4v) is 2.40. The Kier molecular flexibility index (Phi) is 5.69. The van der Waals surface area contributed by atoms with Crippen molar-refractivity contribution in [1.82, 2.24) is 10.3 Å². The first-order valence-corrected chi connectivity index (χ1v) is 7.40. The standard InChI is InChI=1S/C17H22N2O2/c1-3-4-10-15(17(20)21-2)19-12-14-8-5-7-13-9-6-11-18-16(13)14/h5-9,11,15,19H,3-4,10,12H2,1-2H3. The summed E-state index contributed by atoms with van der Waals surface area (Å²) >= 11 is 0. The van der Waals surface area contributed by atoms with Gasteiger partial charge < -0.3 is 10.1 Å². The number of nitrogens with one attached hydrogen (secondary N) is 1. The summed E-state index contributed by atoms with van der Waals surface area (Å²) in [5.41, 5.74) is 2.07. The van der Waals surface area contributed by atoms with Crippen LogP contribution in [-0.2, 0) is 16.1 Å². The zero-order valence-electron chi connectivity index (χ0n) is 12.6. The Balaban J connectivity index is 2.10. The molecule has 1 aromatic heterocycles. The number of hydrogen-bond acceptors (Lipinski definition) is 4. The Bertz CT molecular complexity index is 593. The van der Waals surface area contributed by atoms with Gasteiger partial charge in [-0.25, -0.2) is 0 Å². The molecular formula is C17H22N2O2. The van der Waals surface area contributed by atoms with Gasteiger partial charge in [0.15, 0.2) is 0 Å². The summed E-state index contributed by atoms with van der Waals surface area (Å²) in [6, 6.07) is 9.81. The van der Waals surface area contributed by atoms with Crippen LogP contribution in [0.3, 0.4) is 0 Å². The molecule has 0 bridgehead atoms. The minimum atomic E-state index is -0.256. The van der Waals surface area contributed by atoms with E-state index in [1.807, 2.05) is 30.3 Å². The minimum absolute atomic E-state index is 0.198. The molecule has 0 fully saturated rings. The van der Waals surface area contributed by atoms with Gasteiger partial charge in [-0.05, 0) is 18.1 Å². The lowest BCUT2D eigenvalue weighted by atomic mass is 10.1. The second-order valence-corrected chi connectivity index (χ2v) is 5.09. The Morgan fingerprint density at radius 3 is 2.90 bits per heavy atom. The van der Waals surface area contributed by atoms with E-state index in [2.05, 4.69) is 17.2 Å². The molecule has 0 spiro atoms. The van der Waals surface area contributed by atoms with Crippen LogP contribution in [0.4, 0.5) is 0 Å². The average molecular weight is 286 g/mol. The van der Waals surface area contributed by atoms with Crippen molar-refractivity contribution in [1.29, 1.82) is 0 Å². The molecule has 112 valence electrons. The maximum absolute atomic E-state index is 11.8. The number of aromatic nitrogens is 1. The average Bonchev–Trinajstić information content (AvgIpc) is 2.54. The molecule has 1 N–H and O–H groups in total. The van der Waals surface area contributed by atoms with Crippen molar-refractivity contribution in [2.75, 3.05) is 7.11 Å². The van der Waals surface area contributed by atoms with Gasteiger partial charge in [0, 0.05) is 18.1 Å². The minimum Gasteiger partial charge on any atom is -0.468 e. The van der Waals surface area contributed by atoms with Gasteiger partial charge in [0.2, 0.25) is 0 Å². The monoisotopic (exact) mass is 286 g/mol. The van der Waals surface area contributed by atoms with Gasteiger partial charge in [-0.3, -0.25) is 9.78 Å². The smallest absolute Gasteiger partial charge is 0.322 e. The fraction of sp³-hybridized carbons (Fsp3) is 0.412. The first-order chi connectivity index (χ1) is 10.3. The van der Waals surface area contributed by atoms with E-state index in [9.17, 15) is 4.79 Å². The molecule has 0 aliphatic rings. The van der Waals surface area contributed by atoms with Gasteiger partial charge in [-0.1, -0.05) is 44.0 Å². The van der Waals surface area contributed by atoms with Crippen LogP contribution in [0.25, 0.3) is 10.9 Å². The van der Waals surface area contributed by atoms with Gasteiger partial charge in [0.05, 0.1) is 12.6 Å². The van der Waals surface area contributed by atoms with Crippen LogP contribution in [0.15, 0.2) is 36.5 Å². The van der Waals surface area contributed by atoms with Gasteiger partial charge in [-0.15, -0.1) is 0 Å². The first kappa shape index (κ1) is 15.4. The van der Waals surface area contributed by atoms with Crippen molar-refractivity contribution in [3.63, 3.8) is 0 Å². The summed E-state index contributed by atoms with van der Waals surface area (Å²) in [4.78, 5) is 16.2. The number of esters is 1. The number of ether oxygens (including phenoxy) is 1. The van der Waals surface area contributed by atoms with Crippen molar-refractivity contribution in [2.24, 2.45) is 0 Å². The quantitative estimate of drug-likeness (QED) is 0.795. The highest BCUT2D eigenvalue weighted by atomic mass is 16.5. The number of benzene rings is 1. The van der Waals surface area contributed by atoms with Crippen molar-refractivity contribution in [3.05, 3.63) is 42.1 Å². The van der Waals surface area contributed by atoms with Crippen LogP contribution < -0.4 is 5.32 Å². The van der Waals surface area contributed by atoms with Crippen molar-refractivity contribution >= 4 is 16.9 Å². The second-order valence-electron chi connectivity index (χ2n) is 5.09. The number of hydrogen-bond donors (Lipinski definition) is 1. The maximum atomic E-state index is 11.8. The Labute approximate surface area is 125 Å². The molecule has 0 saturated heterocycles. The van der Waals surface area contributed by atoms with E-state index in [4.69, 9.17) is 4.74 Å². The highest BCUT2D eigenvalue weighted by Crippen LogP contribution is 2.16. The number of rotatable bonds is 7. The van der Waals surface area contributed by atoms with Crippen LogP contribution in [-0.4, -0.2) is 24.1 Å². The van der Waals surface area contributed by atoms with Gasteiger partial charge in [-0.2, -0.15) is 0 Å². The molecule has 0 saturated carbocycles. The number of carbonyl (C=O) groups excluding carboxylic acids is 1. The van der Waals surface area contributed by atoms with Crippen molar-refractivity contribution < 1.29 is 9.53 Å². The lowest BCUT2D eigenvalue weighted by molar-refractivity contribution is -0.143. The molecule has 1 atom stereocenters. The molecule has 4 nitrogen and oxygen atoms in total. The number of unbranched alkanes of at least 4 members (excludes halogenated alkanes) is 1. The number of nitrogens with zero attached hydrogens (tertiary/aromatic N) is 1. The van der Waals surface area contributed by atoms with E-state index >= 15 is 0 Å². The zero-order chi connectivity index (χ0) is 15.1. The van der Waals surface area contributed by atoms with E-state index in [1.165, 1.54) is 7.11 Å². The largest absolute Gasteiger partial charge is 0.468 e. The van der Waals surface area contributed by atoms with Crippen molar-refractivity contribution in [2.45, 2.75) is 38.8 Å². The molecule has 0 aliphatic heterocycles. The third kappa shape index (κ3) is 4.02. The molecule has 0 aliphatic carbocycles. The summed E-state index contributed by atoms with van der Waals surface area (Å²) in [5, 5.41) is 4.41. The third-order valence-corrected chi connectivity index (χ3v) is 3.59. The third-order valence-electron chi connectivity index (χ3n) is 3.59. The van der Waals surface area contributed by atoms with Crippen LogP contribution in [0.2, 0.25) is 0 Å². The molecule has 1 aromatic carbocycles. The van der Waals surface area contributed by atoms with E-state index in [-0.39, 0.29) is 12.0 Å². The molecular weight excluding hydrogens is 264 g/mol. The fourth-order valence-electron chi connectivity index (χ4n) is 2.40. The van der Waals surface area contributed by atoms with E-state index in [1.54, 1.807) is 6.20 Å². The van der Waals surface area contributed by atoms with Gasteiger partial charge in [0.25, 0.3) is 0 Å². The van der Waals surface area contributed by atoms with E-state index in [0.717, 1.165) is 35.7 Å². The molecule has 1 heterocycles. The molecule has 2 aromatic rings. The van der Waals surface area contributed by atoms with Crippen molar-refractivity contribution in [3.8, 4) is 0 Å². The maximum Gasteiger partial charge on any atom is 0.322 e. The van der Waals surface area contributed by atoms with Crippen LogP contribution in [0.1, 0.15) is 31.7 Å². The predicted octanol–water partition coefficient (Wildman–Crippen LogP) is 3.06. The molecule has 0 radical (unpaired) electrons. The van der Waals surface area contributed by atoms with E-state index < -0.39 is 0 Å². The number of pyridine rings is 1. The van der Waals surface area contributed by atoms with Crippen LogP contribution in [0.5, 0.6) is 0 Å². The zero-order valence-corrected chi connectivity index (χ0v) is 12.6. The summed E-state index contributed by atoms with van der Waals surface area (Å²) < 4.78 is 4.87.